The van der Waals surface area contributed by atoms with E-state index in [1.165, 1.54) is 6.92 Å². The first kappa shape index (κ1) is 12.8. The molecule has 0 aromatic heterocycles. The molecule has 0 saturated carbocycles. The second-order valence-corrected chi connectivity index (χ2v) is 3.16. The molecule has 3 nitrogen and oxygen atoms in total. The Hall–Kier alpha value is -2.23. The van der Waals surface area contributed by atoms with Gasteiger partial charge in [-0.25, -0.2) is 0 Å². The lowest BCUT2D eigenvalue weighted by Crippen LogP contribution is -1.97. The first-order valence-electron chi connectivity index (χ1n) is 5.05. The van der Waals surface area contributed by atoms with Crippen molar-refractivity contribution in [2.24, 2.45) is 0 Å². The van der Waals surface area contributed by atoms with Crippen LogP contribution in [0.25, 0.3) is 0 Å². The van der Waals surface area contributed by atoms with E-state index in [2.05, 4.69) is 28.4 Å². The SMILES string of the molecule is CC(=O)OCC#CC#C[C@H](O)c1ccccc1. The van der Waals surface area contributed by atoms with Gasteiger partial charge in [0.15, 0.2) is 6.61 Å². The fourth-order valence-electron chi connectivity index (χ4n) is 1.04. The quantitative estimate of drug-likeness (QED) is 0.613. The zero-order valence-corrected chi connectivity index (χ0v) is 9.43. The topological polar surface area (TPSA) is 46.5 Å². The van der Waals surface area contributed by atoms with Crippen LogP contribution in [0, 0.1) is 23.7 Å². The molecule has 0 saturated heterocycles. The number of carbonyl (C=O) groups excluding carboxylic acids is 1. The van der Waals surface area contributed by atoms with Crippen molar-refractivity contribution in [3.63, 3.8) is 0 Å². The Kier molecular flexibility index (Phi) is 5.37. The van der Waals surface area contributed by atoms with Crippen molar-refractivity contribution >= 4 is 5.97 Å². The summed E-state index contributed by atoms with van der Waals surface area (Å²) in [6.07, 6.45) is -0.848. The van der Waals surface area contributed by atoms with Gasteiger partial charge in [-0.15, -0.1) is 0 Å². The maximum absolute atomic E-state index is 10.4. The van der Waals surface area contributed by atoms with E-state index in [-0.39, 0.29) is 12.6 Å². The summed E-state index contributed by atoms with van der Waals surface area (Å²) in [4.78, 5) is 10.4. The molecular weight excluding hydrogens is 216 g/mol. The highest BCUT2D eigenvalue weighted by Crippen LogP contribution is 2.09. The number of aliphatic hydroxyl groups is 1. The molecule has 0 aliphatic carbocycles. The predicted octanol–water partition coefficient (Wildman–Crippen LogP) is 1.29. The number of rotatable bonds is 2. The van der Waals surface area contributed by atoms with Crippen molar-refractivity contribution in [3.8, 4) is 23.7 Å². The van der Waals surface area contributed by atoms with E-state index in [1.54, 1.807) is 12.1 Å². The summed E-state index contributed by atoms with van der Waals surface area (Å²) in [7, 11) is 0. The number of hydrogen-bond acceptors (Lipinski definition) is 3. The van der Waals surface area contributed by atoms with Gasteiger partial charge in [0.05, 0.1) is 0 Å². The molecule has 0 aliphatic rings. The molecule has 86 valence electrons. The molecule has 1 aromatic rings. The highest BCUT2D eigenvalue weighted by molar-refractivity contribution is 5.66. The second kappa shape index (κ2) is 7.11. The monoisotopic (exact) mass is 228 g/mol. The van der Waals surface area contributed by atoms with Crippen molar-refractivity contribution in [2.75, 3.05) is 6.61 Å². The summed E-state index contributed by atoms with van der Waals surface area (Å²) in [5.74, 6) is 9.74. The fraction of sp³-hybridized carbons (Fsp3) is 0.214. The van der Waals surface area contributed by atoms with E-state index in [9.17, 15) is 9.90 Å². The summed E-state index contributed by atoms with van der Waals surface area (Å²) in [6.45, 7) is 1.33. The van der Waals surface area contributed by atoms with Gasteiger partial charge in [-0.2, -0.15) is 0 Å². The fourth-order valence-corrected chi connectivity index (χ4v) is 1.04. The Labute approximate surface area is 100 Å². The van der Waals surface area contributed by atoms with E-state index < -0.39 is 6.10 Å². The molecule has 1 aromatic carbocycles. The molecule has 0 fully saturated rings. The van der Waals surface area contributed by atoms with Gasteiger partial charge < -0.3 is 9.84 Å². The van der Waals surface area contributed by atoms with Crippen molar-refractivity contribution < 1.29 is 14.6 Å². The molecule has 0 bridgehead atoms. The van der Waals surface area contributed by atoms with Gasteiger partial charge in [-0.1, -0.05) is 36.3 Å². The standard InChI is InChI=1S/C14H12O3/c1-12(15)17-11-7-3-6-10-14(16)13-8-4-2-5-9-13/h2,4-5,8-9,14,16H,11H2,1H3/t14-/m0/s1. The molecule has 0 spiro atoms. The highest BCUT2D eigenvalue weighted by atomic mass is 16.5. The maximum atomic E-state index is 10.4. The van der Waals surface area contributed by atoms with Crippen LogP contribution in [0.2, 0.25) is 0 Å². The van der Waals surface area contributed by atoms with E-state index in [0.717, 1.165) is 5.56 Å². The van der Waals surface area contributed by atoms with Gasteiger partial charge in [0, 0.05) is 6.92 Å². The van der Waals surface area contributed by atoms with Crippen LogP contribution >= 0.6 is 0 Å². The average molecular weight is 228 g/mol. The van der Waals surface area contributed by atoms with E-state index in [0.29, 0.717) is 0 Å². The minimum Gasteiger partial charge on any atom is -0.453 e. The molecule has 0 heterocycles. The van der Waals surface area contributed by atoms with Crippen LogP contribution in [0.1, 0.15) is 18.6 Å². The first-order valence-corrected chi connectivity index (χ1v) is 5.05. The highest BCUT2D eigenvalue weighted by Gasteiger charge is 2.00. The van der Waals surface area contributed by atoms with Crippen LogP contribution in [0.4, 0.5) is 0 Å². The van der Waals surface area contributed by atoms with Crippen LogP contribution in [0.15, 0.2) is 30.3 Å². The van der Waals surface area contributed by atoms with Crippen molar-refractivity contribution in [1.29, 1.82) is 0 Å². The Morgan fingerprint density at radius 2 is 2.06 bits per heavy atom. The van der Waals surface area contributed by atoms with Crippen LogP contribution in [0.3, 0.4) is 0 Å². The van der Waals surface area contributed by atoms with Crippen LogP contribution < -0.4 is 0 Å². The van der Waals surface area contributed by atoms with E-state index >= 15 is 0 Å². The third kappa shape index (κ3) is 5.41. The molecular formula is C14H12O3. The van der Waals surface area contributed by atoms with Crippen LogP contribution in [0.5, 0.6) is 0 Å². The zero-order chi connectivity index (χ0) is 12.5. The van der Waals surface area contributed by atoms with Gasteiger partial charge in [-0.3, -0.25) is 4.79 Å². The molecule has 17 heavy (non-hydrogen) atoms. The Bertz CT molecular complexity index is 483. The second-order valence-electron chi connectivity index (χ2n) is 3.16. The molecule has 1 N–H and O–H groups in total. The number of aliphatic hydroxyl groups excluding tert-OH is 1. The molecule has 0 aliphatic heterocycles. The Balaban J connectivity index is 2.47. The Morgan fingerprint density at radius 1 is 1.35 bits per heavy atom. The van der Waals surface area contributed by atoms with Crippen molar-refractivity contribution in [1.82, 2.24) is 0 Å². The minimum absolute atomic E-state index is 0.0193. The first-order chi connectivity index (χ1) is 8.20. The molecule has 1 rings (SSSR count). The molecule has 1 atom stereocenters. The van der Waals surface area contributed by atoms with Crippen LogP contribution in [-0.2, 0) is 9.53 Å². The Morgan fingerprint density at radius 3 is 2.71 bits per heavy atom. The summed E-state index contributed by atoms with van der Waals surface area (Å²) in [6, 6.07) is 9.08. The molecule has 0 amide bonds. The summed E-state index contributed by atoms with van der Waals surface area (Å²) >= 11 is 0. The lowest BCUT2D eigenvalue weighted by molar-refractivity contribution is -0.139. The van der Waals surface area contributed by atoms with Crippen LogP contribution in [-0.4, -0.2) is 17.7 Å². The number of ether oxygens (including phenoxy) is 1. The summed E-state index contributed by atoms with van der Waals surface area (Å²) in [5.41, 5.74) is 0.724. The van der Waals surface area contributed by atoms with Gasteiger partial charge in [-0.05, 0) is 23.3 Å². The normalized spacial score (nSPS) is 10.2. The van der Waals surface area contributed by atoms with Crippen molar-refractivity contribution in [3.05, 3.63) is 35.9 Å². The number of esters is 1. The molecule has 0 unspecified atom stereocenters. The zero-order valence-electron chi connectivity index (χ0n) is 9.43. The smallest absolute Gasteiger partial charge is 0.303 e. The lowest BCUT2D eigenvalue weighted by atomic mass is 10.1. The van der Waals surface area contributed by atoms with Crippen molar-refractivity contribution in [2.45, 2.75) is 13.0 Å². The predicted molar refractivity (Wildman–Crippen MR) is 63.6 cm³/mol. The van der Waals surface area contributed by atoms with Gasteiger partial charge in [0.25, 0.3) is 0 Å². The van der Waals surface area contributed by atoms with E-state index in [1.807, 2.05) is 18.2 Å². The number of hydrogen-bond donors (Lipinski definition) is 1. The number of carbonyl (C=O) groups is 1. The maximum Gasteiger partial charge on any atom is 0.303 e. The van der Waals surface area contributed by atoms with Gasteiger partial charge in [0.2, 0.25) is 0 Å². The lowest BCUT2D eigenvalue weighted by Gasteiger charge is -2.00. The van der Waals surface area contributed by atoms with Gasteiger partial charge in [0.1, 0.15) is 6.10 Å². The largest absolute Gasteiger partial charge is 0.453 e. The average Bonchev–Trinajstić information content (AvgIpc) is 2.34. The third-order valence-corrected chi connectivity index (χ3v) is 1.82. The molecule has 3 heteroatoms. The summed E-state index contributed by atoms with van der Waals surface area (Å²) < 4.78 is 4.59. The third-order valence-electron chi connectivity index (χ3n) is 1.82. The summed E-state index contributed by atoms with van der Waals surface area (Å²) in [5, 5.41) is 9.64. The van der Waals surface area contributed by atoms with Gasteiger partial charge >= 0.3 is 5.97 Å². The number of benzene rings is 1. The minimum atomic E-state index is -0.848. The van der Waals surface area contributed by atoms with E-state index in [4.69, 9.17) is 0 Å². The molecule has 0 radical (unpaired) electrons.